The molecular formula is C31H30N4O4. The van der Waals surface area contributed by atoms with E-state index in [1.807, 2.05) is 84.2 Å². The lowest BCUT2D eigenvalue weighted by Gasteiger charge is -2.17. The summed E-state index contributed by atoms with van der Waals surface area (Å²) in [5.41, 5.74) is 4.52. The van der Waals surface area contributed by atoms with Gasteiger partial charge in [-0.15, -0.1) is 0 Å². The Morgan fingerprint density at radius 2 is 1.77 bits per heavy atom. The van der Waals surface area contributed by atoms with Gasteiger partial charge < -0.3 is 24.0 Å². The van der Waals surface area contributed by atoms with Gasteiger partial charge >= 0.3 is 5.97 Å². The Morgan fingerprint density at radius 1 is 1.00 bits per heavy atom. The zero-order valence-electron chi connectivity index (χ0n) is 22.2. The van der Waals surface area contributed by atoms with E-state index in [-0.39, 0.29) is 19.0 Å². The molecule has 0 fully saturated rings. The molecule has 8 heteroatoms. The topological polar surface area (TPSA) is 89.7 Å². The number of nitrogens with zero attached hydrogens (tertiary/aromatic N) is 4. The number of phenolic OH excluding ortho intramolecular Hbond substituents is 1. The molecular weight excluding hydrogens is 492 g/mol. The molecule has 2 aromatic carbocycles. The number of aromatic hydroxyl groups is 1. The first-order valence-electron chi connectivity index (χ1n) is 12.7. The van der Waals surface area contributed by atoms with E-state index in [1.165, 1.54) is 0 Å². The average molecular weight is 523 g/mol. The summed E-state index contributed by atoms with van der Waals surface area (Å²) in [6.45, 7) is 2.48. The van der Waals surface area contributed by atoms with E-state index in [1.54, 1.807) is 31.7 Å². The van der Waals surface area contributed by atoms with Crippen LogP contribution in [0.25, 0.3) is 27.7 Å². The molecule has 39 heavy (non-hydrogen) atoms. The summed E-state index contributed by atoms with van der Waals surface area (Å²) < 4.78 is 13.7. The number of benzene rings is 2. The molecule has 5 rings (SSSR count). The zero-order chi connectivity index (χ0) is 27.4. The predicted molar refractivity (Wildman–Crippen MR) is 150 cm³/mol. The first kappa shape index (κ1) is 25.9. The number of phenols is 1. The lowest BCUT2D eigenvalue weighted by Crippen LogP contribution is -2.14. The Kier molecular flexibility index (Phi) is 7.56. The molecule has 0 aliphatic heterocycles. The van der Waals surface area contributed by atoms with Crippen LogP contribution in [0.2, 0.25) is 0 Å². The zero-order valence-corrected chi connectivity index (χ0v) is 22.2. The highest BCUT2D eigenvalue weighted by Gasteiger charge is 2.30. The van der Waals surface area contributed by atoms with Crippen molar-refractivity contribution in [3.63, 3.8) is 0 Å². The van der Waals surface area contributed by atoms with Crippen molar-refractivity contribution in [3.05, 3.63) is 102 Å². The van der Waals surface area contributed by atoms with E-state index >= 15 is 0 Å². The van der Waals surface area contributed by atoms with Crippen molar-refractivity contribution in [2.45, 2.75) is 20.1 Å². The molecule has 0 aliphatic rings. The lowest BCUT2D eigenvalue weighted by atomic mass is 9.96. The highest BCUT2D eigenvalue weighted by molar-refractivity contribution is 6.10. The Hall–Kier alpha value is -4.69. The van der Waals surface area contributed by atoms with E-state index < -0.39 is 5.97 Å². The van der Waals surface area contributed by atoms with Gasteiger partial charge in [0, 0.05) is 59.1 Å². The minimum absolute atomic E-state index is 0.0946. The Balaban J connectivity index is 1.88. The smallest absolute Gasteiger partial charge is 0.340 e. The second-order valence-electron chi connectivity index (χ2n) is 9.31. The summed E-state index contributed by atoms with van der Waals surface area (Å²) in [4.78, 5) is 24.0. The number of para-hydroxylation sites is 1. The van der Waals surface area contributed by atoms with Crippen molar-refractivity contribution in [2.24, 2.45) is 0 Å². The van der Waals surface area contributed by atoms with Gasteiger partial charge in [0.05, 0.1) is 23.4 Å². The number of esters is 1. The van der Waals surface area contributed by atoms with Crippen LogP contribution in [0.4, 0.5) is 0 Å². The summed E-state index contributed by atoms with van der Waals surface area (Å²) in [6, 6.07) is 18.8. The van der Waals surface area contributed by atoms with Gasteiger partial charge in [-0.25, -0.2) is 4.79 Å². The highest BCUT2D eigenvalue weighted by Crippen LogP contribution is 2.43. The first-order chi connectivity index (χ1) is 19.0. The molecule has 0 saturated heterocycles. The number of pyridine rings is 2. The largest absolute Gasteiger partial charge is 0.507 e. The SMILES string of the molecule is CCOC(=O)c1c(COc2ccccc2)n(-c2ccncc2)c2cc(-c3cccnc3)c(O)c(CN(C)C)c12. The van der Waals surface area contributed by atoms with E-state index in [2.05, 4.69) is 9.97 Å². The fourth-order valence-corrected chi connectivity index (χ4v) is 4.80. The van der Waals surface area contributed by atoms with Gasteiger partial charge in [0.25, 0.3) is 0 Å². The summed E-state index contributed by atoms with van der Waals surface area (Å²) in [5, 5.41) is 12.3. The molecule has 3 heterocycles. The first-order valence-corrected chi connectivity index (χ1v) is 12.7. The van der Waals surface area contributed by atoms with Crippen molar-refractivity contribution in [2.75, 3.05) is 20.7 Å². The number of carbonyl (C=O) groups is 1. The third kappa shape index (κ3) is 5.19. The molecule has 3 aromatic heterocycles. The molecule has 0 saturated carbocycles. The van der Waals surface area contributed by atoms with Crippen molar-refractivity contribution in [1.29, 1.82) is 0 Å². The molecule has 0 unspecified atom stereocenters. The van der Waals surface area contributed by atoms with E-state index in [4.69, 9.17) is 9.47 Å². The normalized spacial score (nSPS) is 11.2. The number of fused-ring (bicyclic) bond motifs is 1. The molecule has 1 N–H and O–H groups in total. The van der Waals surface area contributed by atoms with Crippen LogP contribution in [0.3, 0.4) is 0 Å². The Bertz CT molecular complexity index is 1580. The van der Waals surface area contributed by atoms with E-state index in [9.17, 15) is 9.90 Å². The molecule has 0 radical (unpaired) electrons. The minimum Gasteiger partial charge on any atom is -0.507 e. The van der Waals surface area contributed by atoms with Gasteiger partial charge in [0.1, 0.15) is 18.1 Å². The number of rotatable bonds is 9. The third-order valence-corrected chi connectivity index (χ3v) is 6.40. The molecule has 0 atom stereocenters. The molecule has 0 bridgehead atoms. The highest BCUT2D eigenvalue weighted by atomic mass is 16.5. The second kappa shape index (κ2) is 11.4. The fraction of sp³-hybridized carbons (Fsp3) is 0.194. The number of hydrogen-bond donors (Lipinski definition) is 1. The molecule has 5 aromatic rings. The quantitative estimate of drug-likeness (QED) is 0.252. The fourth-order valence-electron chi connectivity index (χ4n) is 4.80. The van der Waals surface area contributed by atoms with Gasteiger partial charge in [0.15, 0.2) is 0 Å². The van der Waals surface area contributed by atoms with Gasteiger partial charge in [-0.05, 0) is 57.4 Å². The van der Waals surface area contributed by atoms with Crippen LogP contribution >= 0.6 is 0 Å². The maximum Gasteiger partial charge on any atom is 0.340 e. The van der Waals surface area contributed by atoms with Crippen LogP contribution in [0.1, 0.15) is 28.5 Å². The maximum atomic E-state index is 13.6. The van der Waals surface area contributed by atoms with Gasteiger partial charge in [-0.3, -0.25) is 9.97 Å². The summed E-state index contributed by atoms with van der Waals surface area (Å²) >= 11 is 0. The van der Waals surface area contributed by atoms with E-state index in [0.717, 1.165) is 16.8 Å². The standard InChI is InChI=1S/C31H30N4O4/c1-4-38-31(37)29-27(20-39-23-10-6-5-7-11-23)35(22-12-15-32-16-13-22)26-17-24(21-9-8-14-33-18-21)30(36)25(28(26)29)19-34(2)3/h5-18,36H,4,19-20H2,1-3H3. The summed E-state index contributed by atoms with van der Waals surface area (Å²) in [5.74, 6) is 0.291. The second-order valence-corrected chi connectivity index (χ2v) is 9.31. The van der Waals surface area contributed by atoms with Crippen LogP contribution in [0, 0.1) is 0 Å². The van der Waals surface area contributed by atoms with E-state index in [0.29, 0.717) is 40.1 Å². The number of carbonyl (C=O) groups excluding carboxylic acids is 1. The van der Waals surface area contributed by atoms with Crippen LogP contribution < -0.4 is 4.74 Å². The Labute approximate surface area is 227 Å². The van der Waals surface area contributed by atoms with Gasteiger partial charge in [-0.1, -0.05) is 24.3 Å². The number of aromatic nitrogens is 3. The molecule has 0 spiro atoms. The van der Waals surface area contributed by atoms with Crippen LogP contribution in [-0.2, 0) is 17.9 Å². The Morgan fingerprint density at radius 3 is 2.44 bits per heavy atom. The lowest BCUT2D eigenvalue weighted by molar-refractivity contribution is 0.0525. The van der Waals surface area contributed by atoms with Crippen LogP contribution in [0.5, 0.6) is 11.5 Å². The van der Waals surface area contributed by atoms with Crippen molar-refractivity contribution >= 4 is 16.9 Å². The monoisotopic (exact) mass is 522 g/mol. The van der Waals surface area contributed by atoms with Crippen molar-refractivity contribution in [3.8, 4) is 28.3 Å². The molecule has 0 amide bonds. The molecule has 0 aliphatic carbocycles. The number of hydrogen-bond acceptors (Lipinski definition) is 7. The van der Waals surface area contributed by atoms with Crippen LogP contribution in [0.15, 0.2) is 85.5 Å². The predicted octanol–water partition coefficient (Wildman–Crippen LogP) is 5.61. The molecule has 8 nitrogen and oxygen atoms in total. The van der Waals surface area contributed by atoms with Crippen molar-refractivity contribution in [1.82, 2.24) is 19.4 Å². The number of ether oxygens (including phenoxy) is 2. The molecule has 198 valence electrons. The van der Waals surface area contributed by atoms with Crippen molar-refractivity contribution < 1.29 is 19.4 Å². The average Bonchev–Trinajstić information content (AvgIpc) is 3.28. The third-order valence-electron chi connectivity index (χ3n) is 6.40. The minimum atomic E-state index is -0.476. The summed E-state index contributed by atoms with van der Waals surface area (Å²) in [6.07, 6.45) is 6.81. The van der Waals surface area contributed by atoms with Gasteiger partial charge in [0.2, 0.25) is 0 Å². The maximum absolute atomic E-state index is 13.6. The summed E-state index contributed by atoms with van der Waals surface area (Å²) in [7, 11) is 3.84. The van der Waals surface area contributed by atoms with Gasteiger partial charge in [-0.2, -0.15) is 0 Å². The van der Waals surface area contributed by atoms with Crippen LogP contribution in [-0.4, -0.2) is 51.2 Å².